The second-order valence-corrected chi connectivity index (χ2v) is 7.60. The largest absolute Gasteiger partial charge is 0.298 e. The van der Waals surface area contributed by atoms with E-state index in [4.69, 9.17) is 0 Å². The van der Waals surface area contributed by atoms with E-state index in [1.807, 2.05) is 0 Å². The first kappa shape index (κ1) is 24.6. The lowest BCUT2D eigenvalue weighted by Gasteiger charge is -2.27. The molecule has 0 heterocycles. The van der Waals surface area contributed by atoms with Gasteiger partial charge in [0.15, 0.2) is 0 Å². The number of rotatable bonds is 19. The summed E-state index contributed by atoms with van der Waals surface area (Å²) in [6, 6.07) is 0.160. The van der Waals surface area contributed by atoms with E-state index in [2.05, 4.69) is 32.6 Å². The molecule has 150 valence electrons. The molecule has 0 bridgehead atoms. The standard InChI is InChI=1S/C23H47NO/c1-5-9-10-11-12-13-14-15-16-17-18-19-20-21-23(25)22(6-2)24(7-3)8-4/h22H,5-21H2,1-4H3. The van der Waals surface area contributed by atoms with Crippen molar-refractivity contribution in [2.45, 2.75) is 130 Å². The Morgan fingerprint density at radius 3 is 1.40 bits per heavy atom. The maximum atomic E-state index is 12.4. The minimum absolute atomic E-state index is 0.160. The number of hydrogen-bond donors (Lipinski definition) is 0. The highest BCUT2D eigenvalue weighted by atomic mass is 16.1. The van der Waals surface area contributed by atoms with Crippen molar-refractivity contribution in [3.63, 3.8) is 0 Å². The van der Waals surface area contributed by atoms with E-state index in [9.17, 15) is 4.79 Å². The number of Topliss-reactive ketones (excluding diaryl/α,β-unsaturated/α-hetero) is 1. The molecule has 1 atom stereocenters. The third-order valence-corrected chi connectivity index (χ3v) is 5.54. The molecule has 0 saturated carbocycles. The monoisotopic (exact) mass is 353 g/mol. The van der Waals surface area contributed by atoms with Crippen LogP contribution < -0.4 is 0 Å². The minimum atomic E-state index is 0.160. The molecule has 0 radical (unpaired) electrons. The summed E-state index contributed by atoms with van der Waals surface area (Å²) in [6.07, 6.45) is 19.5. The van der Waals surface area contributed by atoms with Gasteiger partial charge in [0, 0.05) is 6.42 Å². The van der Waals surface area contributed by atoms with Gasteiger partial charge >= 0.3 is 0 Å². The van der Waals surface area contributed by atoms with Gasteiger partial charge in [-0.25, -0.2) is 0 Å². The summed E-state index contributed by atoms with van der Waals surface area (Å²) in [5, 5.41) is 0. The Bertz CT molecular complexity index is 286. The van der Waals surface area contributed by atoms with Gasteiger partial charge in [0.2, 0.25) is 0 Å². The Labute approximate surface area is 159 Å². The van der Waals surface area contributed by atoms with Crippen molar-refractivity contribution in [1.29, 1.82) is 0 Å². The third-order valence-electron chi connectivity index (χ3n) is 5.54. The highest BCUT2D eigenvalue weighted by Crippen LogP contribution is 2.14. The van der Waals surface area contributed by atoms with Gasteiger partial charge in [-0.05, 0) is 25.9 Å². The van der Waals surface area contributed by atoms with Gasteiger partial charge < -0.3 is 0 Å². The lowest BCUT2D eigenvalue weighted by Crippen LogP contribution is -2.40. The molecule has 0 aromatic carbocycles. The van der Waals surface area contributed by atoms with E-state index in [1.165, 1.54) is 77.0 Å². The van der Waals surface area contributed by atoms with Crippen molar-refractivity contribution in [2.24, 2.45) is 0 Å². The van der Waals surface area contributed by atoms with Crippen molar-refractivity contribution in [1.82, 2.24) is 4.90 Å². The van der Waals surface area contributed by atoms with E-state index in [1.54, 1.807) is 0 Å². The van der Waals surface area contributed by atoms with Crippen LogP contribution >= 0.6 is 0 Å². The van der Waals surface area contributed by atoms with Crippen molar-refractivity contribution in [3.05, 3.63) is 0 Å². The zero-order chi connectivity index (χ0) is 18.8. The van der Waals surface area contributed by atoms with Crippen LogP contribution in [0.1, 0.15) is 124 Å². The molecular formula is C23H47NO. The third kappa shape index (κ3) is 13.5. The van der Waals surface area contributed by atoms with E-state index in [0.717, 1.165) is 32.4 Å². The quantitative estimate of drug-likeness (QED) is 0.230. The Morgan fingerprint density at radius 2 is 1.04 bits per heavy atom. The fraction of sp³-hybridized carbons (Fsp3) is 0.957. The van der Waals surface area contributed by atoms with Gasteiger partial charge in [0.25, 0.3) is 0 Å². The molecule has 0 spiro atoms. The number of hydrogen-bond acceptors (Lipinski definition) is 2. The summed E-state index contributed by atoms with van der Waals surface area (Å²) in [6.45, 7) is 10.7. The minimum Gasteiger partial charge on any atom is -0.298 e. The van der Waals surface area contributed by atoms with Crippen LogP contribution in [0.3, 0.4) is 0 Å². The summed E-state index contributed by atoms with van der Waals surface area (Å²) < 4.78 is 0. The number of likely N-dealkylation sites (N-methyl/N-ethyl adjacent to an activating group) is 1. The predicted octanol–water partition coefficient (Wildman–Crippen LogP) is 7.16. The second kappa shape index (κ2) is 18.4. The molecule has 0 N–H and O–H groups in total. The summed E-state index contributed by atoms with van der Waals surface area (Å²) in [5.74, 6) is 0.467. The van der Waals surface area contributed by atoms with Crippen LogP contribution in [0.5, 0.6) is 0 Å². The Morgan fingerprint density at radius 1 is 0.640 bits per heavy atom. The number of nitrogens with zero attached hydrogens (tertiary/aromatic N) is 1. The van der Waals surface area contributed by atoms with Crippen LogP contribution in [-0.4, -0.2) is 29.8 Å². The van der Waals surface area contributed by atoms with Gasteiger partial charge in [-0.15, -0.1) is 0 Å². The average Bonchev–Trinajstić information content (AvgIpc) is 2.63. The summed E-state index contributed by atoms with van der Waals surface area (Å²) in [4.78, 5) is 14.7. The zero-order valence-corrected chi connectivity index (χ0v) is 18.0. The van der Waals surface area contributed by atoms with Gasteiger partial charge in [-0.3, -0.25) is 9.69 Å². The van der Waals surface area contributed by atoms with Gasteiger partial charge in [-0.2, -0.15) is 0 Å². The first-order valence-electron chi connectivity index (χ1n) is 11.5. The van der Waals surface area contributed by atoms with Gasteiger partial charge in [-0.1, -0.05) is 105 Å². The molecule has 1 unspecified atom stereocenters. The molecule has 2 heteroatoms. The highest BCUT2D eigenvalue weighted by Gasteiger charge is 2.20. The molecule has 0 rings (SSSR count). The molecule has 0 aromatic heterocycles. The molecular weight excluding hydrogens is 306 g/mol. The Balaban J connectivity index is 3.47. The second-order valence-electron chi connectivity index (χ2n) is 7.60. The molecule has 2 nitrogen and oxygen atoms in total. The SMILES string of the molecule is CCCCCCCCCCCCCCCC(=O)C(CC)N(CC)CC. The Kier molecular flexibility index (Phi) is 18.1. The lowest BCUT2D eigenvalue weighted by molar-refractivity contribution is -0.124. The van der Waals surface area contributed by atoms with Crippen LogP contribution in [0.2, 0.25) is 0 Å². The number of ketones is 1. The van der Waals surface area contributed by atoms with Crippen molar-refractivity contribution < 1.29 is 4.79 Å². The molecule has 0 saturated heterocycles. The van der Waals surface area contributed by atoms with Gasteiger partial charge in [0.05, 0.1) is 6.04 Å². The Hall–Kier alpha value is -0.370. The molecule has 0 amide bonds. The van der Waals surface area contributed by atoms with Crippen LogP contribution in [-0.2, 0) is 4.79 Å². The van der Waals surface area contributed by atoms with Gasteiger partial charge in [0.1, 0.15) is 5.78 Å². The van der Waals surface area contributed by atoms with E-state index in [0.29, 0.717) is 5.78 Å². The first-order chi connectivity index (χ1) is 12.2. The molecule has 25 heavy (non-hydrogen) atoms. The number of carbonyl (C=O) groups excluding carboxylic acids is 1. The first-order valence-corrected chi connectivity index (χ1v) is 11.5. The van der Waals surface area contributed by atoms with Crippen LogP contribution in [0, 0.1) is 0 Å². The lowest BCUT2D eigenvalue weighted by atomic mass is 10.0. The zero-order valence-electron chi connectivity index (χ0n) is 18.0. The maximum Gasteiger partial charge on any atom is 0.149 e. The molecule has 0 fully saturated rings. The molecule has 0 aliphatic carbocycles. The average molecular weight is 354 g/mol. The molecule has 0 aromatic rings. The van der Waals surface area contributed by atoms with E-state index >= 15 is 0 Å². The molecule has 0 aliphatic rings. The summed E-state index contributed by atoms with van der Waals surface area (Å²) >= 11 is 0. The van der Waals surface area contributed by atoms with Crippen LogP contribution in [0.25, 0.3) is 0 Å². The fourth-order valence-electron chi connectivity index (χ4n) is 3.84. The van der Waals surface area contributed by atoms with Crippen LogP contribution in [0.15, 0.2) is 0 Å². The topological polar surface area (TPSA) is 20.3 Å². The summed E-state index contributed by atoms with van der Waals surface area (Å²) in [7, 11) is 0. The number of unbranched alkanes of at least 4 members (excludes halogenated alkanes) is 12. The predicted molar refractivity (Wildman–Crippen MR) is 112 cm³/mol. The fourth-order valence-corrected chi connectivity index (χ4v) is 3.84. The maximum absolute atomic E-state index is 12.4. The van der Waals surface area contributed by atoms with Crippen LogP contribution in [0.4, 0.5) is 0 Å². The van der Waals surface area contributed by atoms with Crippen molar-refractivity contribution in [3.8, 4) is 0 Å². The normalized spacial score (nSPS) is 12.7. The van der Waals surface area contributed by atoms with Crippen molar-refractivity contribution >= 4 is 5.78 Å². The summed E-state index contributed by atoms with van der Waals surface area (Å²) in [5.41, 5.74) is 0. The number of carbonyl (C=O) groups is 1. The van der Waals surface area contributed by atoms with Crippen molar-refractivity contribution in [2.75, 3.05) is 13.1 Å². The van der Waals surface area contributed by atoms with E-state index < -0.39 is 0 Å². The smallest absolute Gasteiger partial charge is 0.149 e. The molecule has 0 aliphatic heterocycles. The highest BCUT2D eigenvalue weighted by molar-refractivity contribution is 5.83. The van der Waals surface area contributed by atoms with E-state index in [-0.39, 0.29) is 6.04 Å².